The highest BCUT2D eigenvalue weighted by molar-refractivity contribution is 5.83. The van der Waals surface area contributed by atoms with E-state index in [2.05, 4.69) is 0 Å². The van der Waals surface area contributed by atoms with Gasteiger partial charge in [-0.25, -0.2) is 0 Å². The lowest BCUT2D eigenvalue weighted by Crippen LogP contribution is -2.33. The van der Waals surface area contributed by atoms with E-state index in [0.29, 0.717) is 18.9 Å². The summed E-state index contributed by atoms with van der Waals surface area (Å²) in [5.74, 6) is 1.26. The molecule has 4 heteroatoms. The fourth-order valence-corrected chi connectivity index (χ4v) is 2.02. The summed E-state index contributed by atoms with van der Waals surface area (Å²) < 4.78 is 10.8. The van der Waals surface area contributed by atoms with Crippen LogP contribution in [0.15, 0.2) is 0 Å². The molecule has 1 atom stereocenters. The van der Waals surface area contributed by atoms with Crippen LogP contribution >= 0.6 is 0 Å². The second-order valence-corrected chi connectivity index (χ2v) is 5.28. The minimum atomic E-state index is 0.129. The molecular weight excluding hydrogens is 218 g/mol. The zero-order valence-corrected chi connectivity index (χ0v) is 10.7. The minimum absolute atomic E-state index is 0.129. The Bertz CT molecular complexity index is 247. The van der Waals surface area contributed by atoms with Crippen molar-refractivity contribution < 1.29 is 14.3 Å². The molecule has 2 aliphatic rings. The first-order valence-corrected chi connectivity index (χ1v) is 6.62. The molecule has 0 aromatic carbocycles. The molecule has 1 saturated carbocycles. The second-order valence-electron chi connectivity index (χ2n) is 5.28. The summed E-state index contributed by atoms with van der Waals surface area (Å²) in [6, 6.07) is 0. The van der Waals surface area contributed by atoms with Crippen LogP contribution in [0.2, 0.25) is 0 Å². The SMILES string of the molecule is CN(CCOCC1CC1)CC(=O)C1CCOC1. The maximum atomic E-state index is 11.8. The molecule has 98 valence electrons. The van der Waals surface area contributed by atoms with Crippen molar-refractivity contribution in [2.75, 3.05) is 46.6 Å². The summed E-state index contributed by atoms with van der Waals surface area (Å²) in [6.45, 7) is 4.36. The summed E-state index contributed by atoms with van der Waals surface area (Å²) in [5.41, 5.74) is 0. The van der Waals surface area contributed by atoms with Gasteiger partial charge >= 0.3 is 0 Å². The lowest BCUT2D eigenvalue weighted by Gasteiger charge is -2.17. The average Bonchev–Trinajstić information content (AvgIpc) is 2.95. The Balaban J connectivity index is 1.52. The molecule has 17 heavy (non-hydrogen) atoms. The Hall–Kier alpha value is -0.450. The Morgan fingerprint density at radius 1 is 1.41 bits per heavy atom. The zero-order valence-electron chi connectivity index (χ0n) is 10.7. The van der Waals surface area contributed by atoms with E-state index < -0.39 is 0 Å². The normalized spacial score (nSPS) is 24.5. The lowest BCUT2D eigenvalue weighted by atomic mass is 10.0. The van der Waals surface area contributed by atoms with Gasteiger partial charge in [0.2, 0.25) is 0 Å². The quantitative estimate of drug-likeness (QED) is 0.593. The van der Waals surface area contributed by atoms with E-state index in [9.17, 15) is 4.79 Å². The van der Waals surface area contributed by atoms with E-state index in [4.69, 9.17) is 9.47 Å². The fraction of sp³-hybridized carbons (Fsp3) is 0.923. The monoisotopic (exact) mass is 241 g/mol. The number of ether oxygens (including phenoxy) is 2. The van der Waals surface area contributed by atoms with Crippen molar-refractivity contribution >= 4 is 5.78 Å². The van der Waals surface area contributed by atoms with Crippen molar-refractivity contribution in [3.05, 3.63) is 0 Å². The fourth-order valence-electron chi connectivity index (χ4n) is 2.02. The van der Waals surface area contributed by atoms with Crippen LogP contribution in [0.1, 0.15) is 19.3 Å². The van der Waals surface area contributed by atoms with Crippen molar-refractivity contribution in [2.24, 2.45) is 11.8 Å². The molecule has 2 fully saturated rings. The van der Waals surface area contributed by atoms with Crippen LogP contribution < -0.4 is 0 Å². The Morgan fingerprint density at radius 2 is 2.24 bits per heavy atom. The smallest absolute Gasteiger partial charge is 0.152 e. The minimum Gasteiger partial charge on any atom is -0.381 e. The third kappa shape index (κ3) is 4.74. The van der Waals surface area contributed by atoms with Crippen molar-refractivity contribution in [1.29, 1.82) is 0 Å². The third-order valence-corrected chi connectivity index (χ3v) is 3.48. The van der Waals surface area contributed by atoms with Crippen LogP contribution in [-0.2, 0) is 14.3 Å². The van der Waals surface area contributed by atoms with Gasteiger partial charge < -0.3 is 9.47 Å². The molecule has 1 saturated heterocycles. The Morgan fingerprint density at radius 3 is 2.88 bits per heavy atom. The number of hydrogen-bond donors (Lipinski definition) is 0. The summed E-state index contributed by atoms with van der Waals surface area (Å²) in [7, 11) is 1.98. The number of ketones is 1. The first-order chi connectivity index (χ1) is 8.25. The summed E-state index contributed by atoms with van der Waals surface area (Å²) in [4.78, 5) is 13.9. The first-order valence-electron chi connectivity index (χ1n) is 6.62. The van der Waals surface area contributed by atoms with Gasteiger partial charge in [0.05, 0.1) is 19.8 Å². The molecule has 0 aromatic rings. The Labute approximate surface area is 103 Å². The van der Waals surface area contributed by atoms with Gasteiger partial charge in [0.15, 0.2) is 5.78 Å². The van der Waals surface area contributed by atoms with E-state index in [1.165, 1.54) is 12.8 Å². The predicted molar refractivity (Wildman–Crippen MR) is 65.0 cm³/mol. The highest BCUT2D eigenvalue weighted by atomic mass is 16.5. The maximum absolute atomic E-state index is 11.8. The lowest BCUT2D eigenvalue weighted by molar-refractivity contribution is -0.123. The molecule has 0 aromatic heterocycles. The molecular formula is C13H23NO3. The van der Waals surface area contributed by atoms with E-state index in [0.717, 1.165) is 38.7 Å². The second kappa shape index (κ2) is 6.47. The summed E-state index contributed by atoms with van der Waals surface area (Å²) in [6.07, 6.45) is 3.55. The summed E-state index contributed by atoms with van der Waals surface area (Å²) in [5, 5.41) is 0. The maximum Gasteiger partial charge on any atom is 0.152 e. The van der Waals surface area contributed by atoms with Crippen LogP contribution in [0.25, 0.3) is 0 Å². The van der Waals surface area contributed by atoms with Gasteiger partial charge in [-0.05, 0) is 32.2 Å². The van der Waals surface area contributed by atoms with E-state index in [-0.39, 0.29) is 5.92 Å². The highest BCUT2D eigenvalue weighted by Crippen LogP contribution is 2.28. The molecule has 0 N–H and O–H groups in total. The van der Waals surface area contributed by atoms with Gasteiger partial charge in [-0.15, -0.1) is 0 Å². The molecule has 1 aliphatic carbocycles. The van der Waals surface area contributed by atoms with Gasteiger partial charge in [0.1, 0.15) is 0 Å². The largest absolute Gasteiger partial charge is 0.381 e. The van der Waals surface area contributed by atoms with Crippen molar-refractivity contribution in [3.63, 3.8) is 0 Å². The average molecular weight is 241 g/mol. The van der Waals surface area contributed by atoms with Crippen LogP contribution in [0.5, 0.6) is 0 Å². The topological polar surface area (TPSA) is 38.8 Å². The predicted octanol–water partition coefficient (Wildman–Crippen LogP) is 0.950. The van der Waals surface area contributed by atoms with Crippen molar-refractivity contribution in [3.8, 4) is 0 Å². The van der Waals surface area contributed by atoms with Crippen molar-refractivity contribution in [2.45, 2.75) is 19.3 Å². The molecule has 0 bridgehead atoms. The van der Waals surface area contributed by atoms with Crippen LogP contribution in [0.4, 0.5) is 0 Å². The number of likely N-dealkylation sites (N-methyl/N-ethyl adjacent to an activating group) is 1. The molecule has 1 aliphatic heterocycles. The molecule has 0 radical (unpaired) electrons. The van der Waals surface area contributed by atoms with E-state index >= 15 is 0 Å². The molecule has 4 nitrogen and oxygen atoms in total. The molecule has 1 unspecified atom stereocenters. The van der Waals surface area contributed by atoms with Gasteiger partial charge in [-0.2, -0.15) is 0 Å². The van der Waals surface area contributed by atoms with Crippen molar-refractivity contribution in [1.82, 2.24) is 4.90 Å². The molecule has 2 rings (SSSR count). The molecule has 0 amide bonds. The molecule has 0 spiro atoms. The van der Waals surface area contributed by atoms with Gasteiger partial charge in [0, 0.05) is 25.7 Å². The zero-order chi connectivity index (χ0) is 12.1. The van der Waals surface area contributed by atoms with Gasteiger partial charge in [0.25, 0.3) is 0 Å². The number of nitrogens with zero attached hydrogens (tertiary/aromatic N) is 1. The van der Waals surface area contributed by atoms with Crippen LogP contribution in [-0.4, -0.2) is 57.2 Å². The van der Waals surface area contributed by atoms with E-state index in [1.807, 2.05) is 11.9 Å². The highest BCUT2D eigenvalue weighted by Gasteiger charge is 2.24. The third-order valence-electron chi connectivity index (χ3n) is 3.48. The number of Topliss-reactive ketones (excluding diaryl/α,β-unsaturated/α-hetero) is 1. The Kier molecular flexibility index (Phi) is 4.95. The number of carbonyl (C=O) groups is 1. The van der Waals surface area contributed by atoms with Crippen LogP contribution in [0.3, 0.4) is 0 Å². The number of carbonyl (C=O) groups excluding carboxylic acids is 1. The summed E-state index contributed by atoms with van der Waals surface area (Å²) >= 11 is 0. The van der Waals surface area contributed by atoms with E-state index in [1.54, 1.807) is 0 Å². The molecule has 1 heterocycles. The number of hydrogen-bond acceptors (Lipinski definition) is 4. The first kappa shape index (κ1) is 13.0. The van der Waals surface area contributed by atoms with Gasteiger partial charge in [-0.3, -0.25) is 9.69 Å². The standard InChI is InChI=1S/C13H23NO3/c1-14(5-7-17-9-11-2-3-11)8-13(15)12-4-6-16-10-12/h11-12H,2-10H2,1H3. The van der Waals surface area contributed by atoms with Crippen LogP contribution in [0, 0.1) is 11.8 Å². The van der Waals surface area contributed by atoms with Gasteiger partial charge in [-0.1, -0.05) is 0 Å². The number of rotatable bonds is 8.